The predicted octanol–water partition coefficient (Wildman–Crippen LogP) is 4.62. The van der Waals surface area contributed by atoms with Gasteiger partial charge in [-0.05, 0) is 62.5 Å². The Balaban J connectivity index is 1.47. The average molecular weight is 417 g/mol. The summed E-state index contributed by atoms with van der Waals surface area (Å²) < 4.78 is 2.26. The van der Waals surface area contributed by atoms with E-state index < -0.39 is 5.97 Å². The first-order valence-corrected chi connectivity index (χ1v) is 11.3. The summed E-state index contributed by atoms with van der Waals surface area (Å²) in [4.78, 5) is 27.2. The molecule has 0 bridgehead atoms. The van der Waals surface area contributed by atoms with Crippen LogP contribution < -0.4 is 0 Å². The summed E-state index contributed by atoms with van der Waals surface area (Å²) in [5, 5.41) is 10.2. The molecular weight excluding hydrogens is 388 g/mol. The van der Waals surface area contributed by atoms with Crippen LogP contribution in [0.5, 0.6) is 0 Å². The summed E-state index contributed by atoms with van der Waals surface area (Å²) in [6, 6.07) is 15.2. The highest BCUT2D eigenvalue weighted by atomic mass is 16.4. The van der Waals surface area contributed by atoms with Crippen LogP contribution in [-0.4, -0.2) is 46.0 Å². The number of likely N-dealkylation sites (tertiary alicyclic amines) is 1. The lowest BCUT2D eigenvalue weighted by molar-refractivity contribution is 0.0696. The quantitative estimate of drug-likeness (QED) is 0.659. The Morgan fingerprint density at radius 1 is 1.00 bits per heavy atom. The number of piperidine rings is 1. The van der Waals surface area contributed by atoms with E-state index in [1.54, 1.807) is 12.1 Å². The van der Waals surface area contributed by atoms with Crippen molar-refractivity contribution in [3.8, 4) is 0 Å². The molecule has 2 heterocycles. The Bertz CT molecular complexity index is 1120. The van der Waals surface area contributed by atoms with Gasteiger partial charge < -0.3 is 14.6 Å². The third-order valence-electron chi connectivity index (χ3n) is 6.89. The lowest BCUT2D eigenvalue weighted by atomic mass is 9.84. The largest absolute Gasteiger partial charge is 0.478 e. The highest BCUT2D eigenvalue weighted by molar-refractivity contribution is 6.11. The average Bonchev–Trinajstić information content (AvgIpc) is 3.11. The fourth-order valence-electron chi connectivity index (χ4n) is 5.28. The molecule has 1 fully saturated rings. The highest BCUT2D eigenvalue weighted by Gasteiger charge is 2.33. The number of nitrogens with zero attached hydrogens (tertiary/aromatic N) is 2. The van der Waals surface area contributed by atoms with Gasteiger partial charge in [-0.3, -0.25) is 4.79 Å². The van der Waals surface area contributed by atoms with Crippen LogP contribution in [-0.2, 0) is 13.0 Å². The van der Waals surface area contributed by atoms with Crippen molar-refractivity contribution in [2.24, 2.45) is 5.92 Å². The van der Waals surface area contributed by atoms with Gasteiger partial charge in [0.1, 0.15) is 0 Å². The summed E-state index contributed by atoms with van der Waals surface area (Å²) in [6.45, 7) is 3.75. The molecule has 1 aliphatic heterocycles. The second-order valence-electron chi connectivity index (χ2n) is 8.89. The van der Waals surface area contributed by atoms with E-state index >= 15 is 0 Å². The number of hydrogen-bond acceptors (Lipinski definition) is 3. The molecule has 5 nitrogen and oxygen atoms in total. The fourth-order valence-corrected chi connectivity index (χ4v) is 5.28. The molecule has 1 aromatic heterocycles. The molecular formula is C26H28N2O3. The first-order chi connectivity index (χ1) is 15.1. The molecule has 0 saturated carbocycles. The van der Waals surface area contributed by atoms with Crippen LogP contribution in [0.1, 0.15) is 57.7 Å². The Kier molecular flexibility index (Phi) is 5.36. The van der Waals surface area contributed by atoms with Gasteiger partial charge in [-0.15, -0.1) is 0 Å². The monoisotopic (exact) mass is 416 g/mol. The SMILES string of the molecule is O=C(O)c1ccc(Cn2c3c(c4ccccc42)C(=O)C(CN2CCCCC2)CC3)cc1. The van der Waals surface area contributed by atoms with Crippen LogP contribution in [0, 0.1) is 5.92 Å². The van der Waals surface area contributed by atoms with Crippen LogP contribution in [0.25, 0.3) is 10.9 Å². The number of aromatic carboxylic acids is 1. The zero-order valence-corrected chi connectivity index (χ0v) is 17.7. The van der Waals surface area contributed by atoms with Crippen molar-refractivity contribution >= 4 is 22.7 Å². The molecule has 2 aliphatic rings. The molecule has 1 saturated heterocycles. The summed E-state index contributed by atoms with van der Waals surface area (Å²) in [7, 11) is 0. The van der Waals surface area contributed by atoms with Gasteiger partial charge >= 0.3 is 5.97 Å². The molecule has 1 N–H and O–H groups in total. The zero-order valence-electron chi connectivity index (χ0n) is 17.7. The molecule has 3 aromatic rings. The van der Waals surface area contributed by atoms with Gasteiger partial charge in [0.15, 0.2) is 5.78 Å². The predicted molar refractivity (Wildman–Crippen MR) is 121 cm³/mol. The first-order valence-electron chi connectivity index (χ1n) is 11.3. The van der Waals surface area contributed by atoms with Crippen molar-refractivity contribution < 1.29 is 14.7 Å². The third kappa shape index (κ3) is 3.79. The number of carbonyl (C=O) groups excluding carboxylic acids is 1. The number of Topliss-reactive ketones (excluding diaryl/α,β-unsaturated/α-hetero) is 1. The number of benzene rings is 2. The van der Waals surface area contributed by atoms with Gasteiger partial charge in [-0.25, -0.2) is 4.79 Å². The second-order valence-corrected chi connectivity index (χ2v) is 8.89. The Morgan fingerprint density at radius 3 is 2.48 bits per heavy atom. The Morgan fingerprint density at radius 2 is 1.74 bits per heavy atom. The number of fused-ring (bicyclic) bond motifs is 3. The number of aromatic nitrogens is 1. The number of carbonyl (C=O) groups is 2. The number of carboxylic acids is 1. The van der Waals surface area contributed by atoms with E-state index in [0.29, 0.717) is 17.9 Å². The summed E-state index contributed by atoms with van der Waals surface area (Å²) >= 11 is 0. The van der Waals surface area contributed by atoms with E-state index in [9.17, 15) is 9.59 Å². The molecule has 5 rings (SSSR count). The zero-order chi connectivity index (χ0) is 21.4. The number of ketones is 1. The lowest BCUT2D eigenvalue weighted by Crippen LogP contribution is -2.38. The van der Waals surface area contributed by atoms with Crippen molar-refractivity contribution in [3.63, 3.8) is 0 Å². The maximum absolute atomic E-state index is 13.6. The minimum atomic E-state index is -0.916. The number of hydrogen-bond donors (Lipinski definition) is 1. The maximum atomic E-state index is 13.6. The van der Waals surface area contributed by atoms with Crippen molar-refractivity contribution in [1.29, 1.82) is 0 Å². The molecule has 5 heteroatoms. The van der Waals surface area contributed by atoms with Crippen molar-refractivity contribution in [2.75, 3.05) is 19.6 Å². The molecule has 0 radical (unpaired) electrons. The summed E-state index contributed by atoms with van der Waals surface area (Å²) in [5.74, 6) is -0.539. The summed E-state index contributed by atoms with van der Waals surface area (Å²) in [6.07, 6.45) is 5.59. The lowest BCUT2D eigenvalue weighted by Gasteiger charge is -2.31. The minimum Gasteiger partial charge on any atom is -0.478 e. The third-order valence-corrected chi connectivity index (χ3v) is 6.89. The minimum absolute atomic E-state index is 0.0831. The van der Waals surface area contributed by atoms with Crippen LogP contribution in [0.3, 0.4) is 0 Å². The Hall–Kier alpha value is -2.92. The molecule has 160 valence electrons. The topological polar surface area (TPSA) is 62.5 Å². The van der Waals surface area contributed by atoms with Gasteiger partial charge in [-0.2, -0.15) is 0 Å². The number of carboxylic acid groups (broad SMARTS) is 1. The van der Waals surface area contributed by atoms with Crippen LogP contribution in [0.15, 0.2) is 48.5 Å². The van der Waals surface area contributed by atoms with E-state index in [0.717, 1.165) is 60.2 Å². The molecule has 0 amide bonds. The van der Waals surface area contributed by atoms with Crippen LogP contribution in [0.2, 0.25) is 0 Å². The van der Waals surface area contributed by atoms with Crippen LogP contribution >= 0.6 is 0 Å². The number of rotatable bonds is 5. The normalized spacial score (nSPS) is 19.5. The van der Waals surface area contributed by atoms with Crippen molar-refractivity contribution in [1.82, 2.24) is 9.47 Å². The molecule has 31 heavy (non-hydrogen) atoms. The van der Waals surface area contributed by atoms with E-state index in [4.69, 9.17) is 5.11 Å². The van der Waals surface area contributed by atoms with E-state index in [1.165, 1.54) is 19.3 Å². The van der Waals surface area contributed by atoms with Crippen LogP contribution in [0.4, 0.5) is 0 Å². The van der Waals surface area contributed by atoms with Gasteiger partial charge in [-0.1, -0.05) is 36.8 Å². The van der Waals surface area contributed by atoms with Crippen molar-refractivity contribution in [3.05, 3.63) is 70.9 Å². The van der Waals surface area contributed by atoms with Gasteiger partial charge in [0.25, 0.3) is 0 Å². The Labute approximate surface area is 182 Å². The van der Waals surface area contributed by atoms with E-state index in [2.05, 4.69) is 21.6 Å². The second kappa shape index (κ2) is 8.31. The maximum Gasteiger partial charge on any atom is 0.335 e. The number of para-hydroxylation sites is 1. The molecule has 1 atom stereocenters. The van der Waals surface area contributed by atoms with Crippen molar-refractivity contribution in [2.45, 2.75) is 38.6 Å². The fraction of sp³-hybridized carbons (Fsp3) is 0.385. The molecule has 2 aromatic carbocycles. The highest BCUT2D eigenvalue weighted by Crippen LogP contribution is 2.35. The first kappa shape index (κ1) is 20.0. The molecule has 1 aliphatic carbocycles. The van der Waals surface area contributed by atoms with Gasteiger partial charge in [0.2, 0.25) is 0 Å². The van der Waals surface area contributed by atoms with E-state index in [1.807, 2.05) is 24.3 Å². The van der Waals surface area contributed by atoms with E-state index in [-0.39, 0.29) is 5.92 Å². The molecule has 1 unspecified atom stereocenters. The molecule has 0 spiro atoms. The standard InChI is InChI=1S/C26H28N2O3/c29-25-20(17-27-14-4-1-5-15-27)12-13-23-24(25)21-6-2-3-7-22(21)28(23)16-18-8-10-19(11-9-18)26(30)31/h2-3,6-11,20H,1,4-5,12-17H2,(H,30,31). The smallest absolute Gasteiger partial charge is 0.335 e. The summed E-state index contributed by atoms with van der Waals surface area (Å²) in [5.41, 5.74) is 4.45. The van der Waals surface area contributed by atoms with Gasteiger partial charge in [0.05, 0.1) is 5.56 Å². The van der Waals surface area contributed by atoms with Gasteiger partial charge in [0, 0.05) is 41.2 Å².